The van der Waals surface area contributed by atoms with Crippen molar-refractivity contribution in [2.45, 2.75) is 30.8 Å². The number of fused-ring (bicyclic) bond motifs is 3. The number of aliphatic carboxylic acids is 1. The molecule has 0 saturated heterocycles. The van der Waals surface area contributed by atoms with Crippen molar-refractivity contribution >= 4 is 23.7 Å². The fourth-order valence-corrected chi connectivity index (χ4v) is 5.30. The van der Waals surface area contributed by atoms with E-state index >= 15 is 0 Å². The maximum atomic E-state index is 13.4. The van der Waals surface area contributed by atoms with Crippen LogP contribution in [0.2, 0.25) is 0 Å². The quantitative estimate of drug-likeness (QED) is 0.170. The van der Waals surface area contributed by atoms with Crippen molar-refractivity contribution in [3.05, 3.63) is 135 Å². The molecule has 0 spiro atoms. The average Bonchev–Trinajstić information content (AvgIpc) is 3.33. The van der Waals surface area contributed by atoms with Crippen LogP contribution in [0.1, 0.15) is 28.2 Å². The lowest BCUT2D eigenvalue weighted by atomic mass is 9.98. The molecule has 2 atom stereocenters. The molecule has 2 unspecified atom stereocenters. The number of amides is 2. The van der Waals surface area contributed by atoms with E-state index in [0.717, 1.165) is 27.8 Å². The first kappa shape index (κ1) is 29.0. The summed E-state index contributed by atoms with van der Waals surface area (Å²) in [6.07, 6.45) is -0.816. The maximum absolute atomic E-state index is 13.4. The number of carbonyl (C=O) groups is 3. The summed E-state index contributed by atoms with van der Waals surface area (Å²) in [5.41, 5.74) is 5.37. The molecule has 0 aliphatic heterocycles. The van der Waals surface area contributed by atoms with E-state index in [4.69, 9.17) is 4.74 Å². The second-order valence-corrected chi connectivity index (χ2v) is 10.2. The predicted molar refractivity (Wildman–Crippen MR) is 159 cm³/mol. The second-order valence-electron chi connectivity index (χ2n) is 10.2. The molecule has 0 heterocycles. The number of nitro groups is 1. The van der Waals surface area contributed by atoms with Crippen LogP contribution in [0.25, 0.3) is 11.1 Å². The summed E-state index contributed by atoms with van der Waals surface area (Å²) in [4.78, 5) is 48.8. The van der Waals surface area contributed by atoms with Crippen LogP contribution in [0.3, 0.4) is 0 Å². The van der Waals surface area contributed by atoms with Crippen molar-refractivity contribution < 1.29 is 29.2 Å². The Morgan fingerprint density at radius 3 is 1.86 bits per heavy atom. The number of ether oxygens (including phenoxy) is 1. The SMILES string of the molecule is O=C(NC(Cc1ccccc1)C(=O)NC(Cc1ccc([N+](=O)[O-])cc1)C(=O)O)OCC1c2ccccc2-c2ccccc21. The van der Waals surface area contributed by atoms with Gasteiger partial charge in [0.15, 0.2) is 0 Å². The minimum atomic E-state index is -1.34. The largest absolute Gasteiger partial charge is 0.480 e. The highest BCUT2D eigenvalue weighted by atomic mass is 16.6. The average molecular weight is 580 g/mol. The van der Waals surface area contributed by atoms with Gasteiger partial charge in [-0.2, -0.15) is 0 Å². The van der Waals surface area contributed by atoms with E-state index in [1.807, 2.05) is 54.6 Å². The van der Waals surface area contributed by atoms with Crippen LogP contribution in [-0.2, 0) is 27.2 Å². The number of carboxylic acids is 1. The van der Waals surface area contributed by atoms with E-state index in [1.54, 1.807) is 24.3 Å². The molecule has 43 heavy (non-hydrogen) atoms. The zero-order valence-corrected chi connectivity index (χ0v) is 23.0. The number of rotatable bonds is 11. The Balaban J connectivity index is 1.28. The Hall–Kier alpha value is -5.51. The summed E-state index contributed by atoms with van der Waals surface area (Å²) in [6.45, 7) is 0.0530. The van der Waals surface area contributed by atoms with Gasteiger partial charge in [-0.05, 0) is 33.4 Å². The molecule has 218 valence electrons. The minimum Gasteiger partial charge on any atom is -0.480 e. The molecule has 3 N–H and O–H groups in total. The molecule has 1 aliphatic carbocycles. The van der Waals surface area contributed by atoms with E-state index in [2.05, 4.69) is 10.6 Å². The molecule has 10 heteroatoms. The third kappa shape index (κ3) is 6.87. The van der Waals surface area contributed by atoms with Crippen molar-refractivity contribution in [3.63, 3.8) is 0 Å². The highest BCUT2D eigenvalue weighted by Gasteiger charge is 2.31. The van der Waals surface area contributed by atoms with Gasteiger partial charge in [0.25, 0.3) is 5.69 Å². The lowest BCUT2D eigenvalue weighted by molar-refractivity contribution is -0.384. The van der Waals surface area contributed by atoms with Gasteiger partial charge in [-0.15, -0.1) is 0 Å². The molecule has 0 saturated carbocycles. The first-order valence-corrected chi connectivity index (χ1v) is 13.7. The third-order valence-electron chi connectivity index (χ3n) is 7.44. The van der Waals surface area contributed by atoms with Gasteiger partial charge in [0.05, 0.1) is 4.92 Å². The van der Waals surface area contributed by atoms with Crippen LogP contribution in [-0.4, -0.2) is 46.7 Å². The van der Waals surface area contributed by atoms with Crippen molar-refractivity contribution in [2.75, 3.05) is 6.61 Å². The Labute approximate surface area is 247 Å². The van der Waals surface area contributed by atoms with Gasteiger partial charge in [0, 0.05) is 30.9 Å². The van der Waals surface area contributed by atoms with E-state index in [9.17, 15) is 29.6 Å². The monoisotopic (exact) mass is 579 g/mol. The summed E-state index contributed by atoms with van der Waals surface area (Å²) < 4.78 is 5.64. The molecule has 1 aliphatic rings. The van der Waals surface area contributed by atoms with E-state index in [0.29, 0.717) is 5.56 Å². The summed E-state index contributed by atoms with van der Waals surface area (Å²) in [5.74, 6) is -2.16. The molecular weight excluding hydrogens is 550 g/mol. The van der Waals surface area contributed by atoms with Gasteiger partial charge in [-0.3, -0.25) is 14.9 Å². The van der Waals surface area contributed by atoms with Gasteiger partial charge >= 0.3 is 12.1 Å². The van der Waals surface area contributed by atoms with Crippen LogP contribution in [0.15, 0.2) is 103 Å². The van der Waals surface area contributed by atoms with Crippen LogP contribution in [0.4, 0.5) is 10.5 Å². The second kappa shape index (κ2) is 13.0. The molecule has 0 bridgehead atoms. The standard InChI is InChI=1S/C33H29N3O7/c37-31(34-30(32(38)39)19-22-14-16-23(17-15-22)36(41)42)29(18-21-8-2-1-3-9-21)35-33(40)43-20-28-26-12-6-4-10-24(26)25-11-5-7-13-27(25)28/h1-17,28-30H,18-20H2,(H,34,37)(H,35,40)(H,38,39). The van der Waals surface area contributed by atoms with Gasteiger partial charge in [-0.1, -0.05) is 91.0 Å². The zero-order valence-electron chi connectivity index (χ0n) is 23.0. The highest BCUT2D eigenvalue weighted by Crippen LogP contribution is 2.44. The fourth-order valence-electron chi connectivity index (χ4n) is 5.30. The molecule has 4 aromatic carbocycles. The summed E-state index contributed by atoms with van der Waals surface area (Å²) in [6, 6.07) is 27.8. The molecule has 0 fully saturated rings. The Morgan fingerprint density at radius 1 is 0.744 bits per heavy atom. The Bertz CT molecular complexity index is 1590. The highest BCUT2D eigenvalue weighted by molar-refractivity contribution is 5.89. The number of benzene rings is 4. The Morgan fingerprint density at radius 2 is 1.28 bits per heavy atom. The minimum absolute atomic E-state index is 0.0530. The summed E-state index contributed by atoms with van der Waals surface area (Å²) in [5, 5.41) is 25.9. The Kier molecular flexibility index (Phi) is 8.76. The first-order chi connectivity index (χ1) is 20.8. The maximum Gasteiger partial charge on any atom is 0.407 e. The van der Waals surface area contributed by atoms with Gasteiger partial charge in [0.1, 0.15) is 18.7 Å². The number of hydrogen-bond donors (Lipinski definition) is 3. The molecule has 0 aromatic heterocycles. The van der Waals surface area contributed by atoms with E-state index in [-0.39, 0.29) is 31.1 Å². The predicted octanol–water partition coefficient (Wildman–Crippen LogP) is 4.86. The molecule has 4 aromatic rings. The summed E-state index contributed by atoms with van der Waals surface area (Å²) >= 11 is 0. The van der Waals surface area contributed by atoms with Crippen LogP contribution < -0.4 is 10.6 Å². The molecular formula is C33H29N3O7. The van der Waals surface area contributed by atoms with Gasteiger partial charge in [0.2, 0.25) is 5.91 Å². The fraction of sp³-hybridized carbons (Fsp3) is 0.182. The summed E-state index contributed by atoms with van der Waals surface area (Å²) in [7, 11) is 0. The number of nitrogens with zero attached hydrogens (tertiary/aromatic N) is 1. The van der Waals surface area contributed by atoms with E-state index < -0.39 is 35.0 Å². The van der Waals surface area contributed by atoms with Crippen LogP contribution >= 0.6 is 0 Å². The van der Waals surface area contributed by atoms with Gasteiger partial charge in [-0.25, -0.2) is 9.59 Å². The molecule has 10 nitrogen and oxygen atoms in total. The smallest absolute Gasteiger partial charge is 0.407 e. The molecule has 0 radical (unpaired) electrons. The number of alkyl carbamates (subject to hydrolysis) is 1. The lowest BCUT2D eigenvalue weighted by Crippen LogP contribution is -2.53. The number of non-ortho nitro benzene ring substituents is 1. The third-order valence-corrected chi connectivity index (χ3v) is 7.44. The lowest BCUT2D eigenvalue weighted by Gasteiger charge is -2.22. The number of carbonyl (C=O) groups excluding carboxylic acids is 2. The van der Waals surface area contributed by atoms with E-state index in [1.165, 1.54) is 24.3 Å². The van der Waals surface area contributed by atoms with Crippen LogP contribution in [0.5, 0.6) is 0 Å². The van der Waals surface area contributed by atoms with Gasteiger partial charge < -0.3 is 20.5 Å². The number of carboxylic acid groups (broad SMARTS) is 1. The first-order valence-electron chi connectivity index (χ1n) is 13.7. The zero-order chi connectivity index (χ0) is 30.3. The number of nitrogens with one attached hydrogen (secondary N) is 2. The van der Waals surface area contributed by atoms with Crippen molar-refractivity contribution in [1.82, 2.24) is 10.6 Å². The number of nitro benzene ring substituents is 1. The van der Waals surface area contributed by atoms with Crippen LogP contribution in [0, 0.1) is 10.1 Å². The van der Waals surface area contributed by atoms with Crippen molar-refractivity contribution in [3.8, 4) is 11.1 Å². The van der Waals surface area contributed by atoms with Crippen molar-refractivity contribution in [1.29, 1.82) is 0 Å². The number of hydrogen-bond acceptors (Lipinski definition) is 6. The van der Waals surface area contributed by atoms with Crippen molar-refractivity contribution in [2.24, 2.45) is 0 Å². The normalized spacial score (nSPS) is 13.2. The molecule has 5 rings (SSSR count). The molecule has 2 amide bonds. The topological polar surface area (TPSA) is 148 Å².